The van der Waals surface area contributed by atoms with E-state index >= 15 is 0 Å². The van der Waals surface area contributed by atoms with E-state index in [-0.39, 0.29) is 5.92 Å². The molecule has 1 aliphatic carbocycles. The molecule has 1 aliphatic rings. The number of nitrogens with one attached hydrogen (secondary N) is 1. The van der Waals surface area contributed by atoms with Crippen molar-refractivity contribution in [2.75, 3.05) is 7.05 Å². The maximum absolute atomic E-state index is 11.7. The van der Waals surface area contributed by atoms with Crippen molar-refractivity contribution < 1.29 is 9.90 Å². The molecular formula is C16H27N3O2. The van der Waals surface area contributed by atoms with E-state index in [0.29, 0.717) is 0 Å². The maximum Gasteiger partial charge on any atom is 0.324 e. The van der Waals surface area contributed by atoms with Gasteiger partial charge in [-0.1, -0.05) is 20.3 Å². The quantitative estimate of drug-likeness (QED) is 0.809. The fourth-order valence-corrected chi connectivity index (χ4v) is 3.63. The molecule has 0 aliphatic heterocycles. The second-order valence-electron chi connectivity index (χ2n) is 5.96. The highest BCUT2D eigenvalue weighted by molar-refractivity contribution is 5.79. The first-order valence-corrected chi connectivity index (χ1v) is 8.05. The van der Waals surface area contributed by atoms with E-state index in [4.69, 9.17) is 0 Å². The van der Waals surface area contributed by atoms with Gasteiger partial charge in [0.25, 0.3) is 0 Å². The zero-order valence-electron chi connectivity index (χ0n) is 13.4. The monoisotopic (exact) mass is 293 g/mol. The van der Waals surface area contributed by atoms with E-state index in [2.05, 4.69) is 35.0 Å². The minimum absolute atomic E-state index is 0.180. The number of hydrogen-bond acceptors (Lipinski definition) is 3. The lowest BCUT2D eigenvalue weighted by molar-refractivity contribution is -0.146. The van der Waals surface area contributed by atoms with Crippen molar-refractivity contribution in [3.63, 3.8) is 0 Å². The highest BCUT2D eigenvalue weighted by atomic mass is 16.4. The number of carbonyl (C=O) groups is 1. The standard InChI is InChI=1S/C16H27N3O2/c1-4-13-11-14(5-2)19(18-13)10-8-12-7-6-9-16(12,17-3)15(20)21/h11-12,17H,4-10H2,1-3H3,(H,20,21). The van der Waals surface area contributed by atoms with Crippen LogP contribution in [0.5, 0.6) is 0 Å². The molecule has 1 aromatic rings. The normalized spacial score (nSPS) is 25.4. The summed E-state index contributed by atoms with van der Waals surface area (Å²) < 4.78 is 2.07. The number of hydrogen-bond donors (Lipinski definition) is 2. The third-order valence-electron chi connectivity index (χ3n) is 4.98. The zero-order chi connectivity index (χ0) is 15.5. The van der Waals surface area contributed by atoms with Gasteiger partial charge in [0.2, 0.25) is 0 Å². The molecule has 0 radical (unpaired) electrons. The molecule has 0 bridgehead atoms. The number of aromatic nitrogens is 2. The molecule has 0 saturated heterocycles. The Bertz CT molecular complexity index is 498. The van der Waals surface area contributed by atoms with Gasteiger partial charge in [0.15, 0.2) is 0 Å². The molecule has 0 spiro atoms. The zero-order valence-corrected chi connectivity index (χ0v) is 13.4. The molecular weight excluding hydrogens is 266 g/mol. The molecule has 5 nitrogen and oxygen atoms in total. The third kappa shape index (κ3) is 2.98. The van der Waals surface area contributed by atoms with Gasteiger partial charge in [-0.15, -0.1) is 0 Å². The molecule has 5 heteroatoms. The largest absolute Gasteiger partial charge is 0.480 e. The van der Waals surface area contributed by atoms with Gasteiger partial charge < -0.3 is 10.4 Å². The lowest BCUT2D eigenvalue weighted by atomic mass is 9.85. The summed E-state index contributed by atoms with van der Waals surface area (Å²) in [7, 11) is 1.77. The van der Waals surface area contributed by atoms with Gasteiger partial charge in [-0.2, -0.15) is 5.10 Å². The summed E-state index contributed by atoms with van der Waals surface area (Å²) in [6.07, 6.45) is 5.47. The van der Waals surface area contributed by atoms with Crippen LogP contribution < -0.4 is 5.32 Å². The molecule has 1 saturated carbocycles. The first-order valence-electron chi connectivity index (χ1n) is 8.05. The summed E-state index contributed by atoms with van der Waals surface area (Å²) in [4.78, 5) is 11.7. The van der Waals surface area contributed by atoms with Crippen molar-refractivity contribution in [2.45, 2.75) is 64.5 Å². The SMILES string of the molecule is CCc1cc(CC)n(CCC2CCCC2(NC)C(=O)O)n1. The van der Waals surface area contributed by atoms with Crippen molar-refractivity contribution in [1.82, 2.24) is 15.1 Å². The van der Waals surface area contributed by atoms with Gasteiger partial charge in [-0.3, -0.25) is 9.48 Å². The number of rotatable bonds is 7. The maximum atomic E-state index is 11.7. The van der Waals surface area contributed by atoms with E-state index in [1.165, 1.54) is 5.69 Å². The van der Waals surface area contributed by atoms with Crippen LogP contribution in [0.1, 0.15) is 50.9 Å². The van der Waals surface area contributed by atoms with Crippen LogP contribution in [-0.2, 0) is 24.2 Å². The summed E-state index contributed by atoms with van der Waals surface area (Å²) in [5.74, 6) is -0.531. The molecule has 0 aromatic carbocycles. The Labute approximate surface area is 126 Å². The van der Waals surface area contributed by atoms with Crippen molar-refractivity contribution in [1.29, 1.82) is 0 Å². The Kier molecular flexibility index (Phi) is 5.04. The summed E-state index contributed by atoms with van der Waals surface area (Å²) in [5, 5.41) is 17.3. The Morgan fingerprint density at radius 2 is 2.29 bits per heavy atom. The molecule has 2 unspecified atom stereocenters. The number of aliphatic carboxylic acids is 1. The summed E-state index contributed by atoms with van der Waals surface area (Å²) in [5.41, 5.74) is 1.62. The number of carboxylic acids is 1. The highest BCUT2D eigenvalue weighted by Crippen LogP contribution is 2.38. The van der Waals surface area contributed by atoms with Crippen LogP contribution >= 0.6 is 0 Å². The number of aryl methyl sites for hydroxylation is 3. The van der Waals surface area contributed by atoms with Crippen LogP contribution in [0.4, 0.5) is 0 Å². The molecule has 118 valence electrons. The molecule has 1 fully saturated rings. The molecule has 2 atom stereocenters. The molecule has 1 heterocycles. The Morgan fingerprint density at radius 3 is 2.86 bits per heavy atom. The Balaban J connectivity index is 2.08. The smallest absolute Gasteiger partial charge is 0.324 e. The summed E-state index contributed by atoms with van der Waals surface area (Å²) in [6, 6.07) is 2.16. The Hall–Kier alpha value is -1.36. The fourth-order valence-electron chi connectivity index (χ4n) is 3.63. The predicted molar refractivity (Wildman–Crippen MR) is 82.4 cm³/mol. The van der Waals surface area contributed by atoms with Crippen molar-refractivity contribution in [2.24, 2.45) is 5.92 Å². The second-order valence-corrected chi connectivity index (χ2v) is 5.96. The van der Waals surface area contributed by atoms with Crippen LogP contribution in [-0.4, -0.2) is 33.4 Å². The van der Waals surface area contributed by atoms with Crippen LogP contribution in [0.15, 0.2) is 6.07 Å². The van der Waals surface area contributed by atoms with Crippen molar-refractivity contribution >= 4 is 5.97 Å². The Morgan fingerprint density at radius 1 is 1.52 bits per heavy atom. The highest BCUT2D eigenvalue weighted by Gasteiger charge is 2.47. The number of carboxylic acid groups (broad SMARTS) is 1. The van der Waals surface area contributed by atoms with Crippen LogP contribution in [0.2, 0.25) is 0 Å². The van der Waals surface area contributed by atoms with Gasteiger partial charge >= 0.3 is 5.97 Å². The van der Waals surface area contributed by atoms with E-state index in [0.717, 1.165) is 50.8 Å². The number of likely N-dealkylation sites (N-methyl/N-ethyl adjacent to an activating group) is 1. The minimum atomic E-state index is -0.743. The summed E-state index contributed by atoms with van der Waals surface area (Å²) in [6.45, 7) is 5.06. The molecule has 2 rings (SSSR count). The van der Waals surface area contributed by atoms with E-state index in [9.17, 15) is 9.90 Å². The van der Waals surface area contributed by atoms with Gasteiger partial charge in [0.1, 0.15) is 5.54 Å². The van der Waals surface area contributed by atoms with Crippen molar-refractivity contribution in [3.05, 3.63) is 17.5 Å². The average molecular weight is 293 g/mol. The van der Waals surface area contributed by atoms with E-state index in [1.807, 2.05) is 0 Å². The fraction of sp³-hybridized carbons (Fsp3) is 0.750. The minimum Gasteiger partial charge on any atom is -0.480 e. The topological polar surface area (TPSA) is 67.2 Å². The van der Waals surface area contributed by atoms with Gasteiger partial charge in [0.05, 0.1) is 5.69 Å². The van der Waals surface area contributed by atoms with E-state index < -0.39 is 11.5 Å². The first-order chi connectivity index (χ1) is 10.1. The summed E-state index contributed by atoms with van der Waals surface area (Å²) >= 11 is 0. The van der Waals surface area contributed by atoms with Crippen LogP contribution in [0.3, 0.4) is 0 Å². The lowest BCUT2D eigenvalue weighted by Crippen LogP contribution is -2.53. The first kappa shape index (κ1) is 16.0. The van der Waals surface area contributed by atoms with E-state index in [1.54, 1.807) is 7.05 Å². The second kappa shape index (κ2) is 6.60. The molecule has 21 heavy (non-hydrogen) atoms. The lowest BCUT2D eigenvalue weighted by Gasteiger charge is -2.31. The van der Waals surface area contributed by atoms with Crippen molar-refractivity contribution in [3.8, 4) is 0 Å². The number of nitrogens with zero attached hydrogens (tertiary/aromatic N) is 2. The van der Waals surface area contributed by atoms with Gasteiger partial charge in [-0.25, -0.2) is 0 Å². The van der Waals surface area contributed by atoms with Gasteiger partial charge in [-0.05, 0) is 51.1 Å². The average Bonchev–Trinajstić information content (AvgIpc) is 3.08. The predicted octanol–water partition coefficient (Wildman–Crippen LogP) is 2.24. The molecule has 2 N–H and O–H groups in total. The van der Waals surface area contributed by atoms with Crippen LogP contribution in [0, 0.1) is 5.92 Å². The third-order valence-corrected chi connectivity index (χ3v) is 4.98. The van der Waals surface area contributed by atoms with Crippen LogP contribution in [0.25, 0.3) is 0 Å². The van der Waals surface area contributed by atoms with Gasteiger partial charge in [0, 0.05) is 12.2 Å². The molecule has 0 amide bonds. The molecule has 1 aromatic heterocycles.